The van der Waals surface area contributed by atoms with Crippen LogP contribution in [0.3, 0.4) is 0 Å². The van der Waals surface area contributed by atoms with Crippen molar-refractivity contribution in [1.82, 2.24) is 4.90 Å². The van der Waals surface area contributed by atoms with Gasteiger partial charge < -0.3 is 10.5 Å². The van der Waals surface area contributed by atoms with Crippen molar-refractivity contribution in [2.75, 3.05) is 27.2 Å². The molecule has 1 aromatic rings. The predicted octanol–water partition coefficient (Wildman–Crippen LogP) is 1.49. The number of hydrogen-bond acceptors (Lipinski definition) is 3. The zero-order chi connectivity index (χ0) is 11.8. The SMILES string of the molecule is Cc1ccc2c(c1)C(CN)(N(C)C)CCO2. The molecule has 88 valence electrons. The lowest BCUT2D eigenvalue weighted by Crippen LogP contribution is -2.50. The van der Waals surface area contributed by atoms with Crippen LogP contribution >= 0.6 is 0 Å². The van der Waals surface area contributed by atoms with E-state index in [-0.39, 0.29) is 5.54 Å². The molecule has 0 saturated carbocycles. The van der Waals surface area contributed by atoms with E-state index >= 15 is 0 Å². The molecular weight excluding hydrogens is 200 g/mol. The lowest BCUT2D eigenvalue weighted by Gasteiger charge is -2.43. The zero-order valence-electron chi connectivity index (χ0n) is 10.3. The second-order valence-electron chi connectivity index (χ2n) is 4.73. The van der Waals surface area contributed by atoms with Gasteiger partial charge in [0.2, 0.25) is 0 Å². The van der Waals surface area contributed by atoms with Crippen molar-refractivity contribution in [2.24, 2.45) is 5.73 Å². The van der Waals surface area contributed by atoms with Crippen LogP contribution in [0, 0.1) is 6.92 Å². The minimum atomic E-state index is -0.0698. The van der Waals surface area contributed by atoms with E-state index < -0.39 is 0 Å². The molecule has 0 radical (unpaired) electrons. The van der Waals surface area contributed by atoms with E-state index in [4.69, 9.17) is 10.5 Å². The second kappa shape index (κ2) is 4.07. The Balaban J connectivity index is 2.56. The van der Waals surface area contributed by atoms with Gasteiger partial charge >= 0.3 is 0 Å². The maximum Gasteiger partial charge on any atom is 0.124 e. The average molecular weight is 220 g/mol. The van der Waals surface area contributed by atoms with Crippen molar-refractivity contribution in [2.45, 2.75) is 18.9 Å². The molecule has 2 N–H and O–H groups in total. The van der Waals surface area contributed by atoms with Crippen molar-refractivity contribution in [3.63, 3.8) is 0 Å². The molecule has 1 unspecified atom stereocenters. The van der Waals surface area contributed by atoms with Crippen molar-refractivity contribution in [1.29, 1.82) is 0 Å². The minimum absolute atomic E-state index is 0.0698. The van der Waals surface area contributed by atoms with Gasteiger partial charge in [0.25, 0.3) is 0 Å². The maximum absolute atomic E-state index is 6.01. The Morgan fingerprint density at radius 1 is 1.44 bits per heavy atom. The van der Waals surface area contributed by atoms with E-state index in [9.17, 15) is 0 Å². The molecule has 0 amide bonds. The first-order chi connectivity index (χ1) is 7.60. The number of likely N-dealkylation sites (N-methyl/N-ethyl adjacent to an activating group) is 1. The highest BCUT2D eigenvalue weighted by molar-refractivity contribution is 5.43. The van der Waals surface area contributed by atoms with Gasteiger partial charge in [-0.15, -0.1) is 0 Å². The molecule has 0 fully saturated rings. The Labute approximate surface area is 97.2 Å². The average Bonchev–Trinajstić information content (AvgIpc) is 2.27. The van der Waals surface area contributed by atoms with Gasteiger partial charge in [-0.05, 0) is 27.1 Å². The van der Waals surface area contributed by atoms with Crippen molar-refractivity contribution < 1.29 is 4.74 Å². The summed E-state index contributed by atoms with van der Waals surface area (Å²) in [5, 5.41) is 0. The van der Waals surface area contributed by atoms with E-state index in [1.165, 1.54) is 11.1 Å². The molecule has 3 nitrogen and oxygen atoms in total. The molecule has 0 saturated heterocycles. The highest BCUT2D eigenvalue weighted by Crippen LogP contribution is 2.39. The standard InChI is InChI=1S/C13H20N2O/c1-10-4-5-12-11(8-10)13(9-14,15(2)3)6-7-16-12/h4-5,8H,6-7,9,14H2,1-3H3. The molecule has 0 spiro atoms. The van der Waals surface area contributed by atoms with E-state index in [0.717, 1.165) is 18.8 Å². The van der Waals surface area contributed by atoms with E-state index in [0.29, 0.717) is 6.54 Å². The molecule has 0 bridgehead atoms. The number of nitrogens with zero attached hydrogens (tertiary/aromatic N) is 1. The minimum Gasteiger partial charge on any atom is -0.493 e. The number of rotatable bonds is 2. The second-order valence-corrected chi connectivity index (χ2v) is 4.73. The maximum atomic E-state index is 6.01. The van der Waals surface area contributed by atoms with Gasteiger partial charge in [-0.3, -0.25) is 4.90 Å². The molecule has 3 heteroatoms. The van der Waals surface area contributed by atoms with Crippen LogP contribution in [-0.4, -0.2) is 32.1 Å². The molecule has 0 aliphatic carbocycles. The summed E-state index contributed by atoms with van der Waals surface area (Å²) in [6.07, 6.45) is 0.951. The van der Waals surface area contributed by atoms with E-state index in [2.05, 4.69) is 44.1 Å². The molecule has 16 heavy (non-hydrogen) atoms. The topological polar surface area (TPSA) is 38.5 Å². The summed E-state index contributed by atoms with van der Waals surface area (Å²) in [7, 11) is 4.18. The lowest BCUT2D eigenvalue weighted by atomic mass is 9.82. The predicted molar refractivity (Wildman–Crippen MR) is 65.7 cm³/mol. The van der Waals surface area contributed by atoms with Crippen LogP contribution in [0.1, 0.15) is 17.5 Å². The quantitative estimate of drug-likeness (QED) is 0.820. The highest BCUT2D eigenvalue weighted by atomic mass is 16.5. The smallest absolute Gasteiger partial charge is 0.124 e. The third-order valence-corrected chi connectivity index (χ3v) is 3.60. The molecule has 0 aromatic heterocycles. The van der Waals surface area contributed by atoms with Gasteiger partial charge in [0.05, 0.1) is 12.1 Å². The van der Waals surface area contributed by atoms with Crippen LogP contribution in [0.2, 0.25) is 0 Å². The summed E-state index contributed by atoms with van der Waals surface area (Å²) >= 11 is 0. The van der Waals surface area contributed by atoms with Gasteiger partial charge in [-0.1, -0.05) is 17.7 Å². The zero-order valence-corrected chi connectivity index (χ0v) is 10.3. The van der Waals surface area contributed by atoms with Crippen LogP contribution in [0.4, 0.5) is 0 Å². The fourth-order valence-corrected chi connectivity index (χ4v) is 2.46. The summed E-state index contributed by atoms with van der Waals surface area (Å²) in [5.74, 6) is 0.982. The van der Waals surface area contributed by atoms with Crippen molar-refractivity contribution >= 4 is 0 Å². The van der Waals surface area contributed by atoms with E-state index in [1.807, 2.05) is 0 Å². The Bertz CT molecular complexity index is 390. The van der Waals surface area contributed by atoms with Gasteiger partial charge in [-0.2, -0.15) is 0 Å². The molecule has 1 aromatic carbocycles. The first-order valence-corrected chi connectivity index (χ1v) is 5.71. The molecular formula is C13H20N2O. The summed E-state index contributed by atoms with van der Waals surface area (Å²) in [5.41, 5.74) is 8.42. The summed E-state index contributed by atoms with van der Waals surface area (Å²) in [6, 6.07) is 6.33. The van der Waals surface area contributed by atoms with Crippen LogP contribution in [0.15, 0.2) is 18.2 Å². The Kier molecular flexibility index (Phi) is 2.91. The number of benzene rings is 1. The fourth-order valence-electron chi connectivity index (χ4n) is 2.46. The highest BCUT2D eigenvalue weighted by Gasteiger charge is 2.38. The first-order valence-electron chi connectivity index (χ1n) is 5.71. The van der Waals surface area contributed by atoms with E-state index in [1.54, 1.807) is 0 Å². The largest absolute Gasteiger partial charge is 0.493 e. The van der Waals surface area contributed by atoms with Crippen LogP contribution in [-0.2, 0) is 5.54 Å². The summed E-state index contributed by atoms with van der Waals surface area (Å²) in [4.78, 5) is 2.22. The number of ether oxygens (including phenoxy) is 1. The molecule has 1 heterocycles. The summed E-state index contributed by atoms with van der Waals surface area (Å²) < 4.78 is 5.70. The van der Waals surface area contributed by atoms with Gasteiger partial charge in [0, 0.05) is 18.5 Å². The van der Waals surface area contributed by atoms with Crippen LogP contribution in [0.5, 0.6) is 5.75 Å². The van der Waals surface area contributed by atoms with Crippen LogP contribution < -0.4 is 10.5 Å². The number of nitrogens with two attached hydrogens (primary N) is 1. The molecule has 2 rings (SSSR count). The number of hydrogen-bond donors (Lipinski definition) is 1. The normalized spacial score (nSPS) is 24.1. The van der Waals surface area contributed by atoms with Crippen molar-refractivity contribution in [3.05, 3.63) is 29.3 Å². The van der Waals surface area contributed by atoms with Gasteiger partial charge in [0.1, 0.15) is 5.75 Å². The Hall–Kier alpha value is -1.06. The van der Waals surface area contributed by atoms with Crippen LogP contribution in [0.25, 0.3) is 0 Å². The van der Waals surface area contributed by atoms with Gasteiger partial charge in [0.15, 0.2) is 0 Å². The monoisotopic (exact) mass is 220 g/mol. The first kappa shape index (κ1) is 11.4. The lowest BCUT2D eigenvalue weighted by molar-refractivity contribution is 0.0937. The number of aryl methyl sites for hydroxylation is 1. The third kappa shape index (κ3) is 1.60. The summed E-state index contributed by atoms with van der Waals surface area (Å²) in [6.45, 7) is 3.47. The Morgan fingerprint density at radius 3 is 2.81 bits per heavy atom. The number of fused-ring (bicyclic) bond motifs is 1. The van der Waals surface area contributed by atoms with Crippen molar-refractivity contribution in [3.8, 4) is 5.75 Å². The molecule has 1 aliphatic rings. The molecule has 1 atom stereocenters. The molecule has 1 aliphatic heterocycles. The fraction of sp³-hybridized carbons (Fsp3) is 0.538. The third-order valence-electron chi connectivity index (χ3n) is 3.60. The van der Waals surface area contributed by atoms with Gasteiger partial charge in [-0.25, -0.2) is 0 Å². The Morgan fingerprint density at radius 2 is 2.19 bits per heavy atom.